The molecule has 0 heterocycles. The number of hydrogen-bond donors (Lipinski definition) is 1. The molecule has 0 unspecified atom stereocenters. The van der Waals surface area contributed by atoms with Crippen molar-refractivity contribution in [2.24, 2.45) is 0 Å². The topological polar surface area (TPSA) is 61.1 Å². The van der Waals surface area contributed by atoms with E-state index in [2.05, 4.69) is 0 Å². The van der Waals surface area contributed by atoms with Crippen LogP contribution in [0.3, 0.4) is 0 Å². The summed E-state index contributed by atoms with van der Waals surface area (Å²) in [5, 5.41) is 17.2. The van der Waals surface area contributed by atoms with E-state index < -0.39 is 11.8 Å². The molecule has 0 aliphatic carbocycles. The van der Waals surface area contributed by atoms with Crippen molar-refractivity contribution in [1.82, 2.24) is 0 Å². The van der Waals surface area contributed by atoms with E-state index in [0.29, 0.717) is 0 Å². The maximum Gasteiger partial charge on any atom is 0.337 e. The first-order valence-corrected chi connectivity index (χ1v) is 3.50. The first-order valence-electron chi connectivity index (χ1n) is 3.50. The van der Waals surface area contributed by atoms with Crippen molar-refractivity contribution in [3.05, 3.63) is 34.6 Å². The fourth-order valence-corrected chi connectivity index (χ4v) is 1.12. The summed E-state index contributed by atoms with van der Waals surface area (Å²) in [5.41, 5.74) is -0.0297. The molecule has 66 valence electrons. The zero-order valence-electron chi connectivity index (χ0n) is 6.84. The Hall–Kier alpha value is -1.89. The Morgan fingerprint density at radius 1 is 1.62 bits per heavy atom. The smallest absolute Gasteiger partial charge is 0.337 e. The molecule has 1 rings (SSSR count). The minimum absolute atomic E-state index is 0.135. The second kappa shape index (κ2) is 3.23. The highest BCUT2D eigenvalue weighted by Crippen LogP contribution is 2.15. The highest BCUT2D eigenvalue weighted by molar-refractivity contribution is 5.92. The molecular weight excluding hydrogens is 173 g/mol. The third kappa shape index (κ3) is 1.64. The second-order valence-corrected chi connectivity index (χ2v) is 2.56. The van der Waals surface area contributed by atoms with Gasteiger partial charge < -0.3 is 5.11 Å². The number of rotatable bonds is 1. The van der Waals surface area contributed by atoms with Crippen LogP contribution in [0, 0.1) is 24.1 Å². The van der Waals surface area contributed by atoms with Crippen molar-refractivity contribution in [2.45, 2.75) is 6.92 Å². The number of carboxylic acids is 1. The molecule has 0 aromatic heterocycles. The maximum atomic E-state index is 12.7. The zero-order valence-corrected chi connectivity index (χ0v) is 6.84. The number of nitrogens with zero attached hydrogens (tertiary/aromatic N) is 1. The highest BCUT2D eigenvalue weighted by Gasteiger charge is 2.14. The summed E-state index contributed by atoms with van der Waals surface area (Å²) in [6.07, 6.45) is 0. The third-order valence-electron chi connectivity index (χ3n) is 1.63. The summed E-state index contributed by atoms with van der Waals surface area (Å²) in [6, 6.07) is 3.64. The molecule has 0 radical (unpaired) electrons. The summed E-state index contributed by atoms with van der Waals surface area (Å²) in [4.78, 5) is 10.6. The SMILES string of the molecule is Cc1cc(F)cc(C#N)c1C(=O)O. The molecule has 0 saturated carbocycles. The van der Waals surface area contributed by atoms with Gasteiger partial charge in [0.1, 0.15) is 11.9 Å². The number of benzene rings is 1. The van der Waals surface area contributed by atoms with Gasteiger partial charge in [-0.25, -0.2) is 9.18 Å². The van der Waals surface area contributed by atoms with Gasteiger partial charge in [-0.05, 0) is 24.6 Å². The van der Waals surface area contributed by atoms with E-state index in [-0.39, 0.29) is 16.7 Å². The van der Waals surface area contributed by atoms with Gasteiger partial charge in [-0.15, -0.1) is 0 Å². The minimum Gasteiger partial charge on any atom is -0.478 e. The summed E-state index contributed by atoms with van der Waals surface area (Å²) in [6.45, 7) is 1.45. The predicted molar refractivity (Wildman–Crippen MR) is 42.8 cm³/mol. The van der Waals surface area contributed by atoms with Gasteiger partial charge >= 0.3 is 5.97 Å². The third-order valence-corrected chi connectivity index (χ3v) is 1.63. The molecule has 4 heteroatoms. The van der Waals surface area contributed by atoms with Crippen molar-refractivity contribution in [3.8, 4) is 6.07 Å². The molecule has 0 saturated heterocycles. The lowest BCUT2D eigenvalue weighted by Gasteiger charge is -2.02. The van der Waals surface area contributed by atoms with Gasteiger partial charge in [-0.1, -0.05) is 0 Å². The molecule has 0 atom stereocenters. The van der Waals surface area contributed by atoms with Crippen LogP contribution in [0.15, 0.2) is 12.1 Å². The fraction of sp³-hybridized carbons (Fsp3) is 0.111. The Morgan fingerprint density at radius 3 is 2.69 bits per heavy atom. The molecule has 0 fully saturated rings. The van der Waals surface area contributed by atoms with Crippen LogP contribution in [0.25, 0.3) is 0 Å². The van der Waals surface area contributed by atoms with Crippen LogP contribution >= 0.6 is 0 Å². The molecule has 0 aliphatic heterocycles. The molecule has 0 bridgehead atoms. The number of carboxylic acid groups (broad SMARTS) is 1. The molecule has 13 heavy (non-hydrogen) atoms. The van der Waals surface area contributed by atoms with E-state index in [0.717, 1.165) is 12.1 Å². The van der Waals surface area contributed by atoms with E-state index in [1.165, 1.54) is 6.92 Å². The fourth-order valence-electron chi connectivity index (χ4n) is 1.12. The number of hydrogen-bond acceptors (Lipinski definition) is 2. The summed E-state index contributed by atoms with van der Waals surface area (Å²) >= 11 is 0. The van der Waals surface area contributed by atoms with Crippen LogP contribution in [-0.2, 0) is 0 Å². The van der Waals surface area contributed by atoms with Gasteiger partial charge in [0.2, 0.25) is 0 Å². The number of nitriles is 1. The van der Waals surface area contributed by atoms with Crippen molar-refractivity contribution in [1.29, 1.82) is 5.26 Å². The molecule has 1 aromatic rings. The standard InChI is InChI=1S/C9H6FNO2/c1-5-2-7(10)3-6(4-11)8(5)9(12)13/h2-3H,1H3,(H,12,13). The zero-order chi connectivity index (χ0) is 10.0. The Labute approximate surface area is 74.0 Å². The summed E-state index contributed by atoms with van der Waals surface area (Å²) < 4.78 is 12.7. The number of aryl methyl sites for hydroxylation is 1. The van der Waals surface area contributed by atoms with Crippen LogP contribution < -0.4 is 0 Å². The molecule has 1 N–H and O–H groups in total. The van der Waals surface area contributed by atoms with E-state index in [1.807, 2.05) is 0 Å². The lowest BCUT2D eigenvalue weighted by molar-refractivity contribution is 0.0695. The van der Waals surface area contributed by atoms with Crippen LogP contribution in [0.1, 0.15) is 21.5 Å². The van der Waals surface area contributed by atoms with Gasteiger partial charge in [0, 0.05) is 0 Å². The quantitative estimate of drug-likeness (QED) is 0.713. The molecular formula is C9H6FNO2. The van der Waals surface area contributed by atoms with E-state index in [4.69, 9.17) is 10.4 Å². The van der Waals surface area contributed by atoms with E-state index in [1.54, 1.807) is 6.07 Å². The van der Waals surface area contributed by atoms with Gasteiger partial charge in [-0.2, -0.15) is 5.26 Å². The van der Waals surface area contributed by atoms with Crippen molar-refractivity contribution >= 4 is 5.97 Å². The maximum absolute atomic E-state index is 12.7. The lowest BCUT2D eigenvalue weighted by Crippen LogP contribution is -2.04. The number of aromatic carboxylic acids is 1. The molecule has 0 spiro atoms. The first-order chi connectivity index (χ1) is 6.06. The highest BCUT2D eigenvalue weighted by atomic mass is 19.1. The van der Waals surface area contributed by atoms with Crippen LogP contribution in [0.5, 0.6) is 0 Å². The summed E-state index contributed by atoms with van der Waals surface area (Å²) in [7, 11) is 0. The number of halogens is 1. The second-order valence-electron chi connectivity index (χ2n) is 2.56. The summed E-state index contributed by atoms with van der Waals surface area (Å²) in [5.74, 6) is -1.81. The van der Waals surface area contributed by atoms with Crippen LogP contribution in [-0.4, -0.2) is 11.1 Å². The van der Waals surface area contributed by atoms with Crippen LogP contribution in [0.2, 0.25) is 0 Å². The van der Waals surface area contributed by atoms with E-state index in [9.17, 15) is 9.18 Å². The van der Waals surface area contributed by atoms with Crippen molar-refractivity contribution in [2.75, 3.05) is 0 Å². The Balaban J connectivity index is 3.50. The lowest BCUT2D eigenvalue weighted by atomic mass is 10.0. The van der Waals surface area contributed by atoms with E-state index >= 15 is 0 Å². The average Bonchev–Trinajstić information content (AvgIpc) is 2.01. The molecule has 0 aliphatic rings. The minimum atomic E-state index is -1.21. The predicted octanol–water partition coefficient (Wildman–Crippen LogP) is 1.70. The Bertz CT molecular complexity index is 407. The Kier molecular flexibility index (Phi) is 2.29. The average molecular weight is 179 g/mol. The normalized spacial score (nSPS) is 9.31. The Morgan fingerprint density at radius 2 is 2.23 bits per heavy atom. The molecule has 3 nitrogen and oxygen atoms in total. The van der Waals surface area contributed by atoms with Gasteiger partial charge in [0.05, 0.1) is 11.1 Å². The van der Waals surface area contributed by atoms with Gasteiger partial charge in [0.25, 0.3) is 0 Å². The molecule has 1 aromatic carbocycles. The largest absolute Gasteiger partial charge is 0.478 e. The number of carbonyl (C=O) groups is 1. The van der Waals surface area contributed by atoms with Crippen LogP contribution in [0.4, 0.5) is 4.39 Å². The van der Waals surface area contributed by atoms with Crippen molar-refractivity contribution < 1.29 is 14.3 Å². The van der Waals surface area contributed by atoms with Gasteiger partial charge in [-0.3, -0.25) is 0 Å². The molecule has 0 amide bonds. The van der Waals surface area contributed by atoms with Crippen molar-refractivity contribution in [3.63, 3.8) is 0 Å². The first kappa shape index (κ1) is 9.20. The van der Waals surface area contributed by atoms with Gasteiger partial charge in [0.15, 0.2) is 0 Å². The monoisotopic (exact) mass is 179 g/mol.